The average Bonchev–Trinajstić information content (AvgIpc) is 3.19. The molecule has 1 N–H and O–H groups in total. The number of aromatic nitrogens is 3. The quantitative estimate of drug-likeness (QED) is 0.293. The van der Waals surface area contributed by atoms with Crippen LogP contribution in [0.1, 0.15) is 12.8 Å². The first-order valence-corrected chi connectivity index (χ1v) is 9.05. The summed E-state index contributed by atoms with van der Waals surface area (Å²) >= 11 is 0. The predicted octanol–water partition coefficient (Wildman–Crippen LogP) is 2.21. The van der Waals surface area contributed by atoms with Crippen LogP contribution in [-0.2, 0) is 6.54 Å². The molecule has 1 fully saturated rings. The maximum Gasteiger partial charge on any atom is 0.193 e. The predicted molar refractivity (Wildman–Crippen MR) is 116 cm³/mol. The van der Waals surface area contributed by atoms with Crippen LogP contribution in [0.4, 0.5) is 10.1 Å². The third-order valence-electron chi connectivity index (χ3n) is 4.58. The van der Waals surface area contributed by atoms with Gasteiger partial charge in [0.15, 0.2) is 5.96 Å². The SMILES string of the molecule is CN=C(NCCCCn1cnnc1)N1CCN(c2ccccc2F)CC1.I. The van der Waals surface area contributed by atoms with Gasteiger partial charge in [-0.05, 0) is 25.0 Å². The van der Waals surface area contributed by atoms with Crippen molar-refractivity contribution in [3.8, 4) is 0 Å². The van der Waals surface area contributed by atoms with Crippen LogP contribution in [0.2, 0.25) is 0 Å². The van der Waals surface area contributed by atoms with Crippen molar-refractivity contribution in [1.29, 1.82) is 0 Å². The van der Waals surface area contributed by atoms with E-state index < -0.39 is 0 Å². The van der Waals surface area contributed by atoms with E-state index in [1.54, 1.807) is 18.7 Å². The fourth-order valence-electron chi connectivity index (χ4n) is 3.16. The minimum absolute atomic E-state index is 0. The van der Waals surface area contributed by atoms with Gasteiger partial charge in [0.2, 0.25) is 0 Å². The minimum Gasteiger partial charge on any atom is -0.366 e. The van der Waals surface area contributed by atoms with E-state index in [4.69, 9.17) is 0 Å². The van der Waals surface area contributed by atoms with Gasteiger partial charge in [-0.1, -0.05) is 12.1 Å². The number of hydrogen-bond acceptors (Lipinski definition) is 4. The van der Waals surface area contributed by atoms with E-state index in [1.807, 2.05) is 23.7 Å². The van der Waals surface area contributed by atoms with Crippen LogP contribution in [0.3, 0.4) is 0 Å². The second-order valence-corrected chi connectivity index (χ2v) is 6.31. The number of rotatable bonds is 6. The first kappa shape index (κ1) is 21.4. The molecule has 0 unspecified atom stereocenters. The van der Waals surface area contributed by atoms with Crippen molar-refractivity contribution in [3.63, 3.8) is 0 Å². The Hall–Kier alpha value is -1.91. The Morgan fingerprint density at radius 2 is 1.81 bits per heavy atom. The standard InChI is InChI=1S/C18H26FN7.HI/c1-20-18(21-8-4-5-9-24-14-22-23-15-24)26-12-10-25(11-13-26)17-7-3-2-6-16(17)19;/h2-3,6-7,14-15H,4-5,8-13H2,1H3,(H,20,21);1H. The molecule has 1 saturated heterocycles. The number of aryl methyl sites for hydroxylation is 1. The molecule has 1 aromatic carbocycles. The topological polar surface area (TPSA) is 61.6 Å². The lowest BCUT2D eigenvalue weighted by Crippen LogP contribution is -2.52. The second kappa shape index (κ2) is 11.1. The molecule has 2 heterocycles. The number of halogens is 2. The van der Waals surface area contributed by atoms with E-state index in [-0.39, 0.29) is 29.8 Å². The summed E-state index contributed by atoms with van der Waals surface area (Å²) in [5.41, 5.74) is 0.684. The zero-order valence-electron chi connectivity index (χ0n) is 15.6. The monoisotopic (exact) mass is 487 g/mol. The van der Waals surface area contributed by atoms with Crippen molar-refractivity contribution in [3.05, 3.63) is 42.7 Å². The van der Waals surface area contributed by atoms with Crippen LogP contribution < -0.4 is 10.2 Å². The number of benzene rings is 1. The smallest absolute Gasteiger partial charge is 0.193 e. The van der Waals surface area contributed by atoms with Crippen LogP contribution in [0.5, 0.6) is 0 Å². The molecule has 1 aliphatic rings. The molecule has 7 nitrogen and oxygen atoms in total. The molecular weight excluding hydrogens is 460 g/mol. The molecule has 0 atom stereocenters. The summed E-state index contributed by atoms with van der Waals surface area (Å²) < 4.78 is 15.9. The van der Waals surface area contributed by atoms with Gasteiger partial charge in [0.1, 0.15) is 18.5 Å². The first-order valence-electron chi connectivity index (χ1n) is 9.05. The van der Waals surface area contributed by atoms with Crippen molar-refractivity contribution in [2.75, 3.05) is 44.7 Å². The molecule has 0 radical (unpaired) electrons. The molecule has 9 heteroatoms. The molecule has 1 aromatic heterocycles. The summed E-state index contributed by atoms with van der Waals surface area (Å²) in [7, 11) is 1.81. The Morgan fingerprint density at radius 3 is 2.48 bits per heavy atom. The largest absolute Gasteiger partial charge is 0.366 e. The zero-order valence-corrected chi connectivity index (χ0v) is 17.9. The fourth-order valence-corrected chi connectivity index (χ4v) is 3.16. The Bertz CT molecular complexity index is 699. The second-order valence-electron chi connectivity index (χ2n) is 6.31. The number of para-hydroxylation sites is 1. The van der Waals surface area contributed by atoms with E-state index in [2.05, 4.69) is 30.3 Å². The summed E-state index contributed by atoms with van der Waals surface area (Å²) in [6.07, 6.45) is 5.58. The molecular formula is C18H27FIN7. The van der Waals surface area contributed by atoms with Gasteiger partial charge in [0.25, 0.3) is 0 Å². The van der Waals surface area contributed by atoms with Gasteiger partial charge in [-0.3, -0.25) is 4.99 Å². The van der Waals surface area contributed by atoms with Crippen LogP contribution >= 0.6 is 24.0 Å². The van der Waals surface area contributed by atoms with Crippen molar-refractivity contribution >= 4 is 35.6 Å². The van der Waals surface area contributed by atoms with Gasteiger partial charge < -0.3 is 19.7 Å². The van der Waals surface area contributed by atoms with Gasteiger partial charge in [-0.2, -0.15) is 0 Å². The van der Waals surface area contributed by atoms with Crippen molar-refractivity contribution < 1.29 is 4.39 Å². The van der Waals surface area contributed by atoms with Crippen LogP contribution in [0.15, 0.2) is 41.9 Å². The third-order valence-corrected chi connectivity index (χ3v) is 4.58. The van der Waals surface area contributed by atoms with Gasteiger partial charge in [-0.15, -0.1) is 34.2 Å². The molecule has 0 bridgehead atoms. The minimum atomic E-state index is -0.156. The molecule has 27 heavy (non-hydrogen) atoms. The molecule has 1 aliphatic heterocycles. The van der Waals surface area contributed by atoms with E-state index in [0.717, 1.165) is 58.1 Å². The first-order chi connectivity index (χ1) is 12.8. The molecule has 2 aromatic rings. The molecule has 0 aliphatic carbocycles. The highest BCUT2D eigenvalue weighted by atomic mass is 127. The van der Waals surface area contributed by atoms with Crippen molar-refractivity contribution in [2.45, 2.75) is 19.4 Å². The van der Waals surface area contributed by atoms with E-state index in [9.17, 15) is 4.39 Å². The van der Waals surface area contributed by atoms with Crippen LogP contribution in [-0.4, -0.2) is 65.4 Å². The van der Waals surface area contributed by atoms with Crippen molar-refractivity contribution in [2.24, 2.45) is 4.99 Å². The van der Waals surface area contributed by atoms with Gasteiger partial charge in [0.05, 0.1) is 5.69 Å². The van der Waals surface area contributed by atoms with Gasteiger partial charge in [-0.25, -0.2) is 4.39 Å². The van der Waals surface area contributed by atoms with Gasteiger partial charge in [0, 0.05) is 46.3 Å². The number of nitrogens with zero attached hydrogens (tertiary/aromatic N) is 6. The Labute approximate surface area is 176 Å². The van der Waals surface area contributed by atoms with Crippen LogP contribution in [0, 0.1) is 5.82 Å². The van der Waals surface area contributed by atoms with E-state index in [1.165, 1.54) is 6.07 Å². The lowest BCUT2D eigenvalue weighted by molar-refractivity contribution is 0.370. The van der Waals surface area contributed by atoms with E-state index in [0.29, 0.717) is 5.69 Å². The molecule has 0 spiro atoms. The molecule has 0 saturated carbocycles. The zero-order chi connectivity index (χ0) is 18.2. The highest BCUT2D eigenvalue weighted by Crippen LogP contribution is 2.20. The maximum atomic E-state index is 13.9. The van der Waals surface area contributed by atoms with Crippen LogP contribution in [0.25, 0.3) is 0 Å². The Morgan fingerprint density at radius 1 is 1.11 bits per heavy atom. The normalized spacial score (nSPS) is 14.8. The summed E-state index contributed by atoms with van der Waals surface area (Å²) in [6.45, 7) is 5.03. The number of guanidine groups is 1. The number of aliphatic imine (C=N–C) groups is 1. The Kier molecular flexibility index (Phi) is 8.76. The summed E-state index contributed by atoms with van der Waals surface area (Å²) in [5.74, 6) is 0.763. The molecule has 148 valence electrons. The summed E-state index contributed by atoms with van der Waals surface area (Å²) in [6, 6.07) is 6.96. The number of nitrogens with one attached hydrogen (secondary N) is 1. The lowest BCUT2D eigenvalue weighted by atomic mass is 10.2. The molecule has 0 amide bonds. The number of hydrogen-bond donors (Lipinski definition) is 1. The van der Waals surface area contributed by atoms with Crippen molar-refractivity contribution in [1.82, 2.24) is 25.0 Å². The number of anilines is 1. The highest BCUT2D eigenvalue weighted by Gasteiger charge is 2.21. The highest BCUT2D eigenvalue weighted by molar-refractivity contribution is 14.0. The molecule has 3 rings (SSSR count). The maximum absolute atomic E-state index is 13.9. The van der Waals surface area contributed by atoms with Gasteiger partial charge >= 0.3 is 0 Å². The summed E-state index contributed by atoms with van der Waals surface area (Å²) in [5, 5.41) is 11.0. The lowest BCUT2D eigenvalue weighted by Gasteiger charge is -2.37. The summed E-state index contributed by atoms with van der Waals surface area (Å²) in [4.78, 5) is 8.72. The van der Waals surface area contributed by atoms with E-state index >= 15 is 0 Å². The third kappa shape index (κ3) is 6.05. The Balaban J connectivity index is 0.00000261. The number of piperazine rings is 1. The number of unbranched alkanes of at least 4 members (excludes halogenated alkanes) is 1. The fraction of sp³-hybridized carbons (Fsp3) is 0.500. The average molecular weight is 487 g/mol.